The highest BCUT2D eigenvalue weighted by Gasteiger charge is 2.25. The summed E-state index contributed by atoms with van der Waals surface area (Å²) in [6.45, 7) is 6.52. The van der Waals surface area contributed by atoms with Crippen molar-refractivity contribution < 1.29 is 0 Å². The lowest BCUT2D eigenvalue weighted by Crippen LogP contribution is -2.44. The quantitative estimate of drug-likeness (QED) is 0.773. The molecule has 1 aromatic heterocycles. The van der Waals surface area contributed by atoms with Crippen LogP contribution in [0.15, 0.2) is 12.1 Å². The van der Waals surface area contributed by atoms with E-state index in [4.69, 9.17) is 23.2 Å². The van der Waals surface area contributed by atoms with Crippen molar-refractivity contribution in [3.63, 3.8) is 0 Å². The van der Waals surface area contributed by atoms with Crippen LogP contribution in [0.3, 0.4) is 0 Å². The lowest BCUT2D eigenvalue weighted by molar-refractivity contribution is 0.204. The maximum absolute atomic E-state index is 6.11. The fraction of sp³-hybridized carbons (Fsp3) is 0.583. The van der Waals surface area contributed by atoms with Crippen LogP contribution >= 0.6 is 35.0 Å². The SMILES string of the molecule is CC1SCCN(Cc2ccc(Cl)nc2Cl)C1C. The van der Waals surface area contributed by atoms with Crippen molar-refractivity contribution >= 4 is 35.0 Å². The van der Waals surface area contributed by atoms with Crippen LogP contribution in [0, 0.1) is 0 Å². The largest absolute Gasteiger partial charge is 0.294 e. The molecule has 0 spiro atoms. The molecule has 5 heteroatoms. The highest BCUT2D eigenvalue weighted by molar-refractivity contribution is 8.00. The summed E-state index contributed by atoms with van der Waals surface area (Å²) < 4.78 is 0. The van der Waals surface area contributed by atoms with Crippen molar-refractivity contribution in [3.05, 3.63) is 28.0 Å². The summed E-state index contributed by atoms with van der Waals surface area (Å²) in [5.41, 5.74) is 1.06. The molecular formula is C12H16Cl2N2S. The van der Waals surface area contributed by atoms with Gasteiger partial charge in [-0.2, -0.15) is 11.8 Å². The van der Waals surface area contributed by atoms with Gasteiger partial charge in [0.15, 0.2) is 0 Å². The van der Waals surface area contributed by atoms with Crippen LogP contribution in [0.1, 0.15) is 19.4 Å². The van der Waals surface area contributed by atoms with Crippen LogP contribution in [0.2, 0.25) is 10.3 Å². The van der Waals surface area contributed by atoms with Gasteiger partial charge in [0.2, 0.25) is 0 Å². The summed E-state index contributed by atoms with van der Waals surface area (Å²) in [6, 6.07) is 4.34. The van der Waals surface area contributed by atoms with Gasteiger partial charge in [0, 0.05) is 35.7 Å². The van der Waals surface area contributed by atoms with E-state index in [9.17, 15) is 0 Å². The van der Waals surface area contributed by atoms with Gasteiger partial charge >= 0.3 is 0 Å². The first-order valence-corrected chi connectivity index (χ1v) is 7.55. The number of aromatic nitrogens is 1. The van der Waals surface area contributed by atoms with Crippen molar-refractivity contribution in [3.8, 4) is 0 Å². The van der Waals surface area contributed by atoms with E-state index in [-0.39, 0.29) is 0 Å². The molecule has 1 fully saturated rings. The zero-order valence-electron chi connectivity index (χ0n) is 9.99. The minimum Gasteiger partial charge on any atom is -0.294 e. The third-order valence-electron chi connectivity index (χ3n) is 3.28. The van der Waals surface area contributed by atoms with Gasteiger partial charge in [-0.25, -0.2) is 4.98 Å². The van der Waals surface area contributed by atoms with Gasteiger partial charge in [0.25, 0.3) is 0 Å². The number of nitrogens with zero attached hydrogens (tertiary/aromatic N) is 2. The Balaban J connectivity index is 2.09. The number of thioether (sulfide) groups is 1. The van der Waals surface area contributed by atoms with E-state index in [1.54, 1.807) is 6.07 Å². The zero-order valence-corrected chi connectivity index (χ0v) is 12.3. The van der Waals surface area contributed by atoms with Crippen LogP contribution < -0.4 is 0 Å². The predicted octanol–water partition coefficient (Wildman–Crippen LogP) is 3.71. The second-order valence-electron chi connectivity index (χ2n) is 4.37. The van der Waals surface area contributed by atoms with Gasteiger partial charge in [0.05, 0.1) is 0 Å². The fourth-order valence-corrected chi connectivity index (χ4v) is 3.56. The Hall–Kier alpha value is 0.0400. The lowest BCUT2D eigenvalue weighted by Gasteiger charge is -2.37. The van der Waals surface area contributed by atoms with E-state index >= 15 is 0 Å². The standard InChI is InChI=1S/C12H16Cl2N2S/c1-8-9(2)17-6-5-16(8)7-10-3-4-11(13)15-12(10)14/h3-4,8-9H,5-7H2,1-2H3. The Bertz CT molecular complexity index is 400. The number of pyridine rings is 1. The predicted molar refractivity (Wildman–Crippen MR) is 76.0 cm³/mol. The van der Waals surface area contributed by atoms with Crippen molar-refractivity contribution in [1.29, 1.82) is 0 Å². The molecule has 0 N–H and O–H groups in total. The molecule has 0 amide bonds. The smallest absolute Gasteiger partial charge is 0.135 e. The Morgan fingerprint density at radius 1 is 1.41 bits per heavy atom. The maximum Gasteiger partial charge on any atom is 0.135 e. The minimum atomic E-state index is 0.453. The van der Waals surface area contributed by atoms with Crippen molar-refractivity contribution in [1.82, 2.24) is 9.88 Å². The number of hydrogen-bond donors (Lipinski definition) is 0. The average molecular weight is 291 g/mol. The molecule has 94 valence electrons. The number of rotatable bonds is 2. The number of hydrogen-bond acceptors (Lipinski definition) is 3. The molecule has 1 aromatic rings. The zero-order chi connectivity index (χ0) is 12.4. The van der Waals surface area contributed by atoms with Crippen molar-refractivity contribution in [2.45, 2.75) is 31.7 Å². The normalized spacial score (nSPS) is 26.1. The molecule has 2 unspecified atom stereocenters. The molecule has 2 rings (SSSR count). The molecule has 0 aromatic carbocycles. The van der Waals surface area contributed by atoms with Gasteiger partial charge in [-0.05, 0) is 13.0 Å². The van der Waals surface area contributed by atoms with Crippen LogP contribution in [0.25, 0.3) is 0 Å². The van der Waals surface area contributed by atoms with E-state index in [2.05, 4.69) is 23.7 Å². The molecule has 17 heavy (non-hydrogen) atoms. The van der Waals surface area contributed by atoms with E-state index in [0.29, 0.717) is 21.6 Å². The summed E-state index contributed by atoms with van der Waals surface area (Å²) in [4.78, 5) is 6.54. The van der Waals surface area contributed by atoms with Crippen LogP contribution in [0.5, 0.6) is 0 Å². The first-order valence-electron chi connectivity index (χ1n) is 5.74. The summed E-state index contributed by atoms with van der Waals surface area (Å²) in [5.74, 6) is 1.18. The third-order valence-corrected chi connectivity index (χ3v) is 5.16. The van der Waals surface area contributed by atoms with Crippen LogP contribution in [0.4, 0.5) is 0 Å². The summed E-state index contributed by atoms with van der Waals surface area (Å²) >= 11 is 13.9. The summed E-state index contributed by atoms with van der Waals surface area (Å²) in [7, 11) is 0. The van der Waals surface area contributed by atoms with E-state index in [1.165, 1.54) is 5.75 Å². The molecule has 1 aliphatic heterocycles. The van der Waals surface area contributed by atoms with Gasteiger partial charge in [0.1, 0.15) is 10.3 Å². The lowest BCUT2D eigenvalue weighted by atomic mass is 10.1. The van der Waals surface area contributed by atoms with Gasteiger partial charge in [-0.15, -0.1) is 0 Å². The van der Waals surface area contributed by atoms with Gasteiger partial charge in [-0.1, -0.05) is 36.2 Å². The molecule has 2 heterocycles. The molecule has 1 aliphatic rings. The molecule has 0 radical (unpaired) electrons. The highest BCUT2D eigenvalue weighted by Crippen LogP contribution is 2.27. The molecule has 0 saturated carbocycles. The van der Waals surface area contributed by atoms with Gasteiger partial charge in [-0.3, -0.25) is 4.90 Å². The Labute approximate surface area is 117 Å². The topological polar surface area (TPSA) is 16.1 Å². The molecule has 0 bridgehead atoms. The average Bonchev–Trinajstić information content (AvgIpc) is 2.28. The van der Waals surface area contributed by atoms with Crippen LogP contribution in [-0.2, 0) is 6.54 Å². The van der Waals surface area contributed by atoms with Crippen molar-refractivity contribution in [2.75, 3.05) is 12.3 Å². The third kappa shape index (κ3) is 3.28. The summed E-state index contributed by atoms with van der Waals surface area (Å²) in [6.07, 6.45) is 0. The van der Waals surface area contributed by atoms with Crippen molar-refractivity contribution in [2.24, 2.45) is 0 Å². The monoisotopic (exact) mass is 290 g/mol. The molecule has 0 aliphatic carbocycles. The van der Waals surface area contributed by atoms with E-state index in [0.717, 1.165) is 18.7 Å². The summed E-state index contributed by atoms with van der Waals surface area (Å²) in [5, 5.41) is 1.65. The fourth-order valence-electron chi connectivity index (χ4n) is 2.00. The number of halogens is 2. The Kier molecular flexibility index (Phi) is 4.59. The first kappa shape index (κ1) is 13.5. The van der Waals surface area contributed by atoms with Gasteiger partial charge < -0.3 is 0 Å². The molecule has 2 nitrogen and oxygen atoms in total. The second kappa shape index (κ2) is 5.79. The second-order valence-corrected chi connectivity index (χ2v) is 6.60. The Morgan fingerprint density at radius 3 is 2.88 bits per heavy atom. The minimum absolute atomic E-state index is 0.453. The highest BCUT2D eigenvalue weighted by atomic mass is 35.5. The first-order chi connectivity index (χ1) is 8.08. The maximum atomic E-state index is 6.11. The molecule has 2 atom stereocenters. The van der Waals surface area contributed by atoms with E-state index < -0.39 is 0 Å². The molecular weight excluding hydrogens is 275 g/mol. The Morgan fingerprint density at radius 2 is 2.18 bits per heavy atom. The van der Waals surface area contributed by atoms with E-state index in [1.807, 2.05) is 17.8 Å². The molecule has 1 saturated heterocycles. The van der Waals surface area contributed by atoms with Crippen LogP contribution in [-0.4, -0.2) is 33.5 Å².